The van der Waals surface area contributed by atoms with Crippen molar-refractivity contribution < 1.29 is 24.7 Å². The predicted octanol–water partition coefficient (Wildman–Crippen LogP) is -0.361. The highest BCUT2D eigenvalue weighted by molar-refractivity contribution is 8.07. The lowest BCUT2D eigenvalue weighted by Gasteiger charge is -2.49. The molecule has 0 bridgehead atoms. The molecule has 1 fully saturated rings. The molecule has 2 aromatic rings. The number of thioether (sulfide) groups is 2. The Morgan fingerprint density at radius 2 is 2.20 bits per heavy atom. The van der Waals surface area contributed by atoms with Gasteiger partial charge in [0.2, 0.25) is 11.5 Å². The number of fused-ring (bicyclic) bond motifs is 1. The van der Waals surface area contributed by atoms with Gasteiger partial charge in [-0.05, 0) is 11.5 Å². The van der Waals surface area contributed by atoms with E-state index in [-0.39, 0.29) is 16.7 Å². The quantitative estimate of drug-likeness (QED) is 0.179. The zero-order valence-corrected chi connectivity index (χ0v) is 17.7. The lowest BCUT2D eigenvalue weighted by atomic mass is 10.0. The van der Waals surface area contributed by atoms with Crippen LogP contribution >= 0.6 is 46.6 Å². The summed E-state index contributed by atoms with van der Waals surface area (Å²) in [4.78, 5) is 42.3. The van der Waals surface area contributed by atoms with Crippen LogP contribution in [0, 0.1) is 0 Å². The minimum atomic E-state index is -1.25. The molecule has 2 aromatic heterocycles. The molecule has 4 heterocycles. The van der Waals surface area contributed by atoms with Gasteiger partial charge >= 0.3 is 5.97 Å². The minimum Gasteiger partial charge on any atom is -0.477 e. The molecule has 2 aliphatic heterocycles. The number of oxime groups is 1. The largest absolute Gasteiger partial charge is 0.477 e. The van der Waals surface area contributed by atoms with Gasteiger partial charge in [0.25, 0.3) is 11.8 Å². The van der Waals surface area contributed by atoms with Crippen molar-refractivity contribution in [3.05, 3.63) is 22.6 Å². The summed E-state index contributed by atoms with van der Waals surface area (Å²) in [7, 11) is 0. The van der Waals surface area contributed by atoms with Gasteiger partial charge < -0.3 is 21.4 Å². The Labute approximate surface area is 183 Å². The average molecular weight is 487 g/mol. The molecule has 5 N–H and O–H groups in total. The number of rotatable bonds is 6. The molecule has 2 aliphatic rings. The van der Waals surface area contributed by atoms with E-state index < -0.39 is 34.9 Å². The zero-order valence-electron chi connectivity index (χ0n) is 14.5. The molecule has 30 heavy (non-hydrogen) atoms. The summed E-state index contributed by atoms with van der Waals surface area (Å²) >= 11 is 4.41. The first-order chi connectivity index (χ1) is 14.4. The van der Waals surface area contributed by atoms with Crippen molar-refractivity contribution >= 4 is 75.2 Å². The maximum atomic E-state index is 12.7. The van der Waals surface area contributed by atoms with Crippen molar-refractivity contribution in [2.75, 3.05) is 11.5 Å². The zero-order chi connectivity index (χ0) is 21.4. The predicted molar refractivity (Wildman–Crippen MR) is 108 cm³/mol. The third-order valence-corrected chi connectivity index (χ3v) is 7.79. The van der Waals surface area contributed by atoms with E-state index in [1.807, 2.05) is 0 Å². The van der Waals surface area contributed by atoms with Gasteiger partial charge in [0.1, 0.15) is 21.3 Å². The molecule has 13 nitrogen and oxygen atoms in total. The molecule has 0 saturated carbocycles. The van der Waals surface area contributed by atoms with Crippen molar-refractivity contribution in [1.29, 1.82) is 0 Å². The first-order valence-corrected chi connectivity index (χ1v) is 11.3. The summed E-state index contributed by atoms with van der Waals surface area (Å²) in [6, 6.07) is -0.999. The molecular formula is C13H10N8O5S4. The highest BCUT2D eigenvalue weighted by atomic mass is 32.2. The van der Waals surface area contributed by atoms with E-state index in [1.54, 1.807) is 0 Å². The number of hydrogen-bond acceptors (Lipinski definition) is 14. The number of β-lactam (4-membered cyclic amide) rings is 1. The monoisotopic (exact) mass is 486 g/mol. The number of nitrogens with zero attached hydrogens (tertiary/aromatic N) is 6. The molecule has 0 unspecified atom stereocenters. The number of anilines is 1. The number of carboxylic acids is 1. The number of nitrogens with two attached hydrogens (primary N) is 1. The Morgan fingerprint density at radius 3 is 2.80 bits per heavy atom. The summed E-state index contributed by atoms with van der Waals surface area (Å²) in [6.45, 7) is 0. The minimum absolute atomic E-state index is 0.0742. The smallest absolute Gasteiger partial charge is 0.353 e. The van der Waals surface area contributed by atoms with Gasteiger partial charge in [0, 0.05) is 22.2 Å². The Balaban J connectivity index is 1.52. The Bertz CT molecular complexity index is 1080. The number of hydrogen-bond donors (Lipinski definition) is 4. The fourth-order valence-corrected chi connectivity index (χ4v) is 6.24. The van der Waals surface area contributed by atoms with E-state index in [0.717, 1.165) is 28.0 Å². The van der Waals surface area contributed by atoms with Crippen LogP contribution in [-0.2, 0) is 14.4 Å². The van der Waals surface area contributed by atoms with E-state index in [4.69, 9.17) is 10.9 Å². The molecule has 0 aliphatic carbocycles. The lowest BCUT2D eigenvalue weighted by molar-refractivity contribution is -0.150. The molecule has 156 valence electrons. The number of carbonyl (C=O) groups is 3. The van der Waals surface area contributed by atoms with E-state index in [2.05, 4.69) is 29.4 Å². The number of carboxylic acid groups (broad SMARTS) is 1. The molecule has 0 radical (unpaired) electrons. The van der Waals surface area contributed by atoms with Crippen LogP contribution < -0.4 is 11.1 Å². The first-order valence-electron chi connectivity index (χ1n) is 7.89. The van der Waals surface area contributed by atoms with E-state index in [9.17, 15) is 19.5 Å². The van der Waals surface area contributed by atoms with Gasteiger partial charge in [0.15, 0.2) is 5.13 Å². The van der Waals surface area contributed by atoms with Crippen LogP contribution in [0.25, 0.3) is 0 Å². The maximum Gasteiger partial charge on any atom is 0.353 e. The molecule has 17 heteroatoms. The number of aliphatic carboxylic acids is 1. The molecule has 2 atom stereocenters. The SMILES string of the molecule is Nc1nc(/C(=N\O)C(=O)N[C@@H]2C(=O)N3C(C(=O)O)=C(Sc4cnns4)CS[C@H]23)ns1. The molecule has 4 rings (SSSR count). The summed E-state index contributed by atoms with van der Waals surface area (Å²) < 4.78 is 8.22. The van der Waals surface area contributed by atoms with Gasteiger partial charge in [-0.15, -0.1) is 16.9 Å². The lowest BCUT2D eigenvalue weighted by Crippen LogP contribution is -2.71. The summed E-state index contributed by atoms with van der Waals surface area (Å²) in [5, 5.41) is 27.3. The van der Waals surface area contributed by atoms with Gasteiger partial charge in [-0.25, -0.2) is 4.79 Å². The van der Waals surface area contributed by atoms with Crippen molar-refractivity contribution in [3.8, 4) is 0 Å². The molecule has 2 amide bonds. The van der Waals surface area contributed by atoms with Crippen LogP contribution in [0.2, 0.25) is 0 Å². The van der Waals surface area contributed by atoms with E-state index in [0.29, 0.717) is 14.9 Å². The normalized spacial score (nSPS) is 21.3. The second-order valence-corrected chi connectivity index (χ2v) is 9.75. The van der Waals surface area contributed by atoms with Gasteiger partial charge in [0.05, 0.1) is 6.20 Å². The number of carbonyl (C=O) groups excluding carboxylic acids is 2. The van der Waals surface area contributed by atoms with Crippen LogP contribution in [0.5, 0.6) is 0 Å². The number of aromatic nitrogens is 4. The molecule has 1 saturated heterocycles. The van der Waals surface area contributed by atoms with Crippen molar-refractivity contribution in [2.45, 2.75) is 15.6 Å². The highest BCUT2D eigenvalue weighted by Crippen LogP contribution is 2.45. The van der Waals surface area contributed by atoms with Gasteiger partial charge in [-0.3, -0.25) is 14.5 Å². The summed E-state index contributed by atoms with van der Waals surface area (Å²) in [5.41, 5.74) is 4.82. The number of amides is 2. The van der Waals surface area contributed by atoms with Gasteiger partial charge in [-0.1, -0.05) is 21.4 Å². The molecule has 0 aromatic carbocycles. The van der Waals surface area contributed by atoms with Crippen LogP contribution in [-0.4, -0.2) is 74.8 Å². The Kier molecular flexibility index (Phi) is 5.58. The molecule has 0 spiro atoms. The number of nitrogens with one attached hydrogen (secondary N) is 1. The van der Waals surface area contributed by atoms with Crippen LogP contribution in [0.1, 0.15) is 5.82 Å². The topological polar surface area (TPSA) is 197 Å². The second-order valence-electron chi connectivity index (χ2n) is 5.68. The van der Waals surface area contributed by atoms with Crippen molar-refractivity contribution in [3.63, 3.8) is 0 Å². The summed E-state index contributed by atoms with van der Waals surface area (Å²) in [5.74, 6) is -2.60. The standard InChI is InChI=1S/C13H10N8O5S4/c14-13-17-8(19-30-13)5(18-26)9(22)16-6-10(23)21-7(12(24)25)3(2-27-11(6)21)28-4-1-15-20-29-4/h1,6,11,26H,2H2,(H,16,22)(H,24,25)(H2,14,17,19)/b18-5+/t6-,11-/m1/s1. The second kappa shape index (κ2) is 8.17. The van der Waals surface area contributed by atoms with Crippen molar-refractivity contribution in [1.82, 2.24) is 29.2 Å². The molecular weight excluding hydrogens is 476 g/mol. The summed E-state index contributed by atoms with van der Waals surface area (Å²) in [6.07, 6.45) is 1.51. The van der Waals surface area contributed by atoms with E-state index >= 15 is 0 Å². The number of nitrogen functional groups attached to an aromatic ring is 1. The fraction of sp³-hybridized carbons (Fsp3) is 0.231. The van der Waals surface area contributed by atoms with Crippen molar-refractivity contribution in [2.24, 2.45) is 5.16 Å². The first kappa shape index (κ1) is 20.5. The van der Waals surface area contributed by atoms with Crippen LogP contribution in [0.3, 0.4) is 0 Å². The Hall–Kier alpha value is -2.76. The highest BCUT2D eigenvalue weighted by Gasteiger charge is 2.54. The maximum absolute atomic E-state index is 12.7. The van der Waals surface area contributed by atoms with Crippen LogP contribution in [0.15, 0.2) is 26.2 Å². The third kappa shape index (κ3) is 3.59. The average Bonchev–Trinajstić information content (AvgIpc) is 3.38. The third-order valence-electron chi connectivity index (χ3n) is 3.96. The van der Waals surface area contributed by atoms with E-state index in [1.165, 1.54) is 29.7 Å². The Morgan fingerprint density at radius 1 is 1.40 bits per heavy atom. The van der Waals surface area contributed by atoms with Gasteiger partial charge in [-0.2, -0.15) is 9.36 Å². The van der Waals surface area contributed by atoms with Crippen LogP contribution in [0.4, 0.5) is 5.13 Å². The fourth-order valence-electron chi connectivity index (χ4n) is 2.73.